The van der Waals surface area contributed by atoms with Gasteiger partial charge in [-0.1, -0.05) is 38.1 Å². The van der Waals surface area contributed by atoms with Gasteiger partial charge < -0.3 is 9.47 Å². The maximum atomic E-state index is 12.8. The molecule has 33 heavy (non-hydrogen) atoms. The zero-order chi connectivity index (χ0) is 23.0. The first-order chi connectivity index (χ1) is 16.0. The van der Waals surface area contributed by atoms with Gasteiger partial charge in [0.25, 0.3) is 0 Å². The van der Waals surface area contributed by atoms with Crippen molar-refractivity contribution in [1.82, 2.24) is 0 Å². The Labute approximate surface area is 196 Å². The van der Waals surface area contributed by atoms with Crippen LogP contribution in [0.25, 0.3) is 0 Å². The number of benzene rings is 2. The van der Waals surface area contributed by atoms with Crippen molar-refractivity contribution < 1.29 is 19.1 Å². The molecular formula is C29H34O4. The van der Waals surface area contributed by atoms with Crippen molar-refractivity contribution in [2.45, 2.75) is 77.2 Å². The van der Waals surface area contributed by atoms with Crippen molar-refractivity contribution in [1.29, 1.82) is 0 Å². The summed E-state index contributed by atoms with van der Waals surface area (Å²) in [6.07, 6.45) is 7.73. The fraction of sp³-hybridized carbons (Fsp3) is 0.517. The number of hydrogen-bond donors (Lipinski definition) is 0. The molecule has 174 valence electrons. The van der Waals surface area contributed by atoms with Crippen LogP contribution in [0.3, 0.4) is 0 Å². The van der Waals surface area contributed by atoms with E-state index in [9.17, 15) is 9.59 Å². The molecule has 0 amide bonds. The van der Waals surface area contributed by atoms with E-state index in [1.54, 1.807) is 0 Å². The van der Waals surface area contributed by atoms with E-state index in [1.807, 2.05) is 43.3 Å². The average molecular weight is 447 g/mol. The van der Waals surface area contributed by atoms with Crippen LogP contribution in [0.15, 0.2) is 48.5 Å². The molecule has 0 spiro atoms. The molecule has 5 atom stereocenters. The highest BCUT2D eigenvalue weighted by Gasteiger charge is 2.56. The van der Waals surface area contributed by atoms with Gasteiger partial charge in [0.15, 0.2) is 0 Å². The third-order valence-electron chi connectivity index (χ3n) is 8.56. The van der Waals surface area contributed by atoms with Crippen molar-refractivity contribution in [3.8, 4) is 5.75 Å². The Morgan fingerprint density at radius 3 is 2.64 bits per heavy atom. The standard InChI is InChI=1S/C29H34O4/c1-3-7-27(30)32-21-11-13-22-20(18-21)10-12-24-23(22)16-17-29(2)25(24)14-15-26(29)33-28(31)19-8-5-4-6-9-19/h4-6,8-9,11,13,18,23-26H,3,7,10,12,14-17H2,1-2H3/t23-,24-,25+,26+,29+/m1/s1. The quantitative estimate of drug-likeness (QED) is 0.390. The fourth-order valence-corrected chi connectivity index (χ4v) is 6.93. The molecule has 2 fully saturated rings. The second kappa shape index (κ2) is 8.96. The van der Waals surface area contributed by atoms with E-state index in [2.05, 4.69) is 19.1 Å². The van der Waals surface area contributed by atoms with Gasteiger partial charge in [-0.3, -0.25) is 4.79 Å². The summed E-state index contributed by atoms with van der Waals surface area (Å²) in [5.74, 6) is 2.10. The Balaban J connectivity index is 1.31. The molecule has 5 rings (SSSR count). The first-order valence-corrected chi connectivity index (χ1v) is 12.6. The van der Waals surface area contributed by atoms with Crippen LogP contribution in [0.2, 0.25) is 0 Å². The molecule has 0 bridgehead atoms. The van der Waals surface area contributed by atoms with Gasteiger partial charge in [-0.2, -0.15) is 0 Å². The zero-order valence-electron chi connectivity index (χ0n) is 19.7. The summed E-state index contributed by atoms with van der Waals surface area (Å²) in [6.45, 7) is 4.34. The van der Waals surface area contributed by atoms with Crippen LogP contribution >= 0.6 is 0 Å². The number of hydrogen-bond acceptors (Lipinski definition) is 4. The van der Waals surface area contributed by atoms with Gasteiger partial charge in [-0.25, -0.2) is 4.79 Å². The van der Waals surface area contributed by atoms with Crippen LogP contribution in [-0.2, 0) is 16.0 Å². The van der Waals surface area contributed by atoms with Gasteiger partial charge in [-0.15, -0.1) is 0 Å². The van der Waals surface area contributed by atoms with E-state index in [1.165, 1.54) is 11.1 Å². The number of fused-ring (bicyclic) bond motifs is 5. The first kappa shape index (κ1) is 22.2. The lowest BCUT2D eigenvalue weighted by Crippen LogP contribution is -2.45. The lowest BCUT2D eigenvalue weighted by atomic mass is 9.55. The summed E-state index contributed by atoms with van der Waals surface area (Å²) in [6, 6.07) is 15.6. The van der Waals surface area contributed by atoms with Crippen LogP contribution in [0.4, 0.5) is 0 Å². The van der Waals surface area contributed by atoms with Gasteiger partial charge in [-0.05, 0) is 98.1 Å². The van der Waals surface area contributed by atoms with Crippen LogP contribution in [0.5, 0.6) is 5.75 Å². The molecule has 0 aliphatic heterocycles. The molecule has 0 saturated heterocycles. The number of ether oxygens (including phenoxy) is 2. The molecular weight excluding hydrogens is 412 g/mol. The Morgan fingerprint density at radius 2 is 1.85 bits per heavy atom. The van der Waals surface area contributed by atoms with Gasteiger partial charge in [0.2, 0.25) is 0 Å². The normalized spacial score (nSPS) is 30.0. The largest absolute Gasteiger partial charge is 0.458 e. The van der Waals surface area contributed by atoms with E-state index < -0.39 is 0 Å². The van der Waals surface area contributed by atoms with Crippen LogP contribution in [0, 0.1) is 17.3 Å². The average Bonchev–Trinajstić information content (AvgIpc) is 3.15. The molecule has 0 N–H and O–H groups in total. The molecule has 0 heterocycles. The summed E-state index contributed by atoms with van der Waals surface area (Å²) >= 11 is 0. The lowest BCUT2D eigenvalue weighted by molar-refractivity contribution is -0.134. The molecule has 3 aliphatic carbocycles. The Bertz CT molecular complexity index is 1030. The Hall–Kier alpha value is -2.62. The van der Waals surface area contributed by atoms with Crippen molar-refractivity contribution in [3.63, 3.8) is 0 Å². The molecule has 0 unspecified atom stereocenters. The second-order valence-electron chi connectivity index (χ2n) is 10.4. The maximum Gasteiger partial charge on any atom is 0.338 e. The Kier molecular flexibility index (Phi) is 6.03. The summed E-state index contributed by atoms with van der Waals surface area (Å²) in [7, 11) is 0. The summed E-state index contributed by atoms with van der Waals surface area (Å²) in [4.78, 5) is 24.7. The predicted octanol–water partition coefficient (Wildman–Crippen LogP) is 6.47. The SMILES string of the molecule is CCCC(=O)Oc1ccc2c(c1)CC[C@@H]1[C@@H]2CC[C@]2(C)[C@@H](OC(=O)c3ccccc3)CC[C@@H]12. The molecule has 0 aromatic heterocycles. The highest BCUT2D eigenvalue weighted by Crippen LogP contribution is 2.61. The Morgan fingerprint density at radius 1 is 1.03 bits per heavy atom. The molecule has 4 heteroatoms. The smallest absolute Gasteiger partial charge is 0.338 e. The predicted molar refractivity (Wildman–Crippen MR) is 127 cm³/mol. The summed E-state index contributed by atoms with van der Waals surface area (Å²) < 4.78 is 11.6. The first-order valence-electron chi connectivity index (χ1n) is 12.6. The third-order valence-corrected chi connectivity index (χ3v) is 8.56. The van der Waals surface area contributed by atoms with Gasteiger partial charge >= 0.3 is 11.9 Å². The van der Waals surface area contributed by atoms with Crippen molar-refractivity contribution in [2.24, 2.45) is 17.3 Å². The summed E-state index contributed by atoms with van der Waals surface area (Å²) in [5.41, 5.74) is 3.47. The topological polar surface area (TPSA) is 52.6 Å². The number of esters is 2. The minimum atomic E-state index is -0.191. The number of carbonyl (C=O) groups is 2. The summed E-state index contributed by atoms with van der Waals surface area (Å²) in [5, 5.41) is 0. The highest BCUT2D eigenvalue weighted by atomic mass is 16.5. The second-order valence-corrected chi connectivity index (χ2v) is 10.4. The van der Waals surface area contributed by atoms with Crippen LogP contribution in [0.1, 0.15) is 86.2 Å². The molecule has 0 radical (unpaired) electrons. The monoisotopic (exact) mass is 446 g/mol. The molecule has 3 aliphatic rings. The van der Waals surface area contributed by atoms with Crippen molar-refractivity contribution in [3.05, 3.63) is 65.2 Å². The van der Waals surface area contributed by atoms with E-state index in [0.717, 1.165) is 44.9 Å². The van der Waals surface area contributed by atoms with Crippen LogP contribution in [-0.4, -0.2) is 18.0 Å². The molecule has 2 aromatic carbocycles. The third kappa shape index (κ3) is 4.09. The minimum Gasteiger partial charge on any atom is -0.458 e. The number of rotatable bonds is 5. The molecule has 2 aromatic rings. The minimum absolute atomic E-state index is 0.00194. The maximum absolute atomic E-state index is 12.8. The highest BCUT2D eigenvalue weighted by molar-refractivity contribution is 5.89. The number of aryl methyl sites for hydroxylation is 1. The molecule has 2 saturated carbocycles. The van der Waals surface area contributed by atoms with E-state index in [4.69, 9.17) is 9.47 Å². The van der Waals surface area contributed by atoms with E-state index >= 15 is 0 Å². The fourth-order valence-electron chi connectivity index (χ4n) is 6.93. The van der Waals surface area contributed by atoms with Gasteiger partial charge in [0.1, 0.15) is 11.9 Å². The zero-order valence-corrected chi connectivity index (χ0v) is 19.7. The van der Waals surface area contributed by atoms with Crippen molar-refractivity contribution >= 4 is 11.9 Å². The lowest BCUT2D eigenvalue weighted by Gasteiger charge is -2.50. The van der Waals surface area contributed by atoms with Gasteiger partial charge in [0.05, 0.1) is 5.56 Å². The van der Waals surface area contributed by atoms with Crippen molar-refractivity contribution in [2.75, 3.05) is 0 Å². The van der Waals surface area contributed by atoms with Crippen LogP contribution < -0.4 is 4.74 Å². The molecule has 4 nitrogen and oxygen atoms in total. The van der Waals surface area contributed by atoms with E-state index in [0.29, 0.717) is 35.5 Å². The number of carbonyl (C=O) groups excluding carboxylic acids is 2. The van der Waals surface area contributed by atoms with Gasteiger partial charge in [0, 0.05) is 11.8 Å². The van der Waals surface area contributed by atoms with E-state index in [-0.39, 0.29) is 23.5 Å².